The Labute approximate surface area is 118 Å². The smallest absolute Gasteiger partial charge is 0.405 e. The number of para-hydroxylation sites is 1. The number of aromatic nitrogens is 2. The first kappa shape index (κ1) is 15.0. The van der Waals surface area contributed by atoms with Gasteiger partial charge in [0.15, 0.2) is 0 Å². The molecule has 2 N–H and O–H groups in total. The molecule has 0 atom stereocenters. The van der Waals surface area contributed by atoms with Crippen LogP contribution in [0, 0.1) is 0 Å². The Kier molecular flexibility index (Phi) is 4.59. The lowest BCUT2D eigenvalue weighted by Crippen LogP contribution is -2.17. The second-order valence-electron chi connectivity index (χ2n) is 3.98. The van der Waals surface area contributed by atoms with E-state index in [1.165, 1.54) is 30.6 Å². The summed E-state index contributed by atoms with van der Waals surface area (Å²) < 4.78 is 41.2. The highest BCUT2D eigenvalue weighted by molar-refractivity contribution is 5.68. The minimum Gasteiger partial charge on any atom is -0.405 e. The van der Waals surface area contributed by atoms with E-state index in [4.69, 9.17) is 5.11 Å². The zero-order valence-corrected chi connectivity index (χ0v) is 10.8. The number of hydrogen-bond acceptors (Lipinski definition) is 5. The molecule has 0 aliphatic heterocycles. The fraction of sp³-hybridized carbons (Fsp3) is 0.231. The molecule has 0 aliphatic rings. The van der Waals surface area contributed by atoms with Gasteiger partial charge in [-0.2, -0.15) is 0 Å². The second kappa shape index (κ2) is 6.40. The van der Waals surface area contributed by atoms with E-state index >= 15 is 0 Å². The van der Waals surface area contributed by atoms with E-state index in [0.29, 0.717) is 5.82 Å². The van der Waals surface area contributed by atoms with E-state index in [0.717, 1.165) is 0 Å². The number of alkyl halides is 3. The number of nitrogens with one attached hydrogen (secondary N) is 1. The Morgan fingerprint density at radius 2 is 1.95 bits per heavy atom. The highest BCUT2D eigenvalue weighted by Gasteiger charge is 2.32. The van der Waals surface area contributed by atoms with Gasteiger partial charge in [-0.15, -0.1) is 13.2 Å². The van der Waals surface area contributed by atoms with E-state index in [1.807, 2.05) is 0 Å². The molecule has 0 bridgehead atoms. The van der Waals surface area contributed by atoms with Gasteiger partial charge in [-0.25, -0.2) is 9.97 Å². The normalized spacial score (nSPS) is 11.2. The van der Waals surface area contributed by atoms with Crippen LogP contribution >= 0.6 is 0 Å². The van der Waals surface area contributed by atoms with Crippen molar-refractivity contribution in [1.29, 1.82) is 0 Å². The summed E-state index contributed by atoms with van der Waals surface area (Å²) in [7, 11) is 0. The topological polar surface area (TPSA) is 67.3 Å². The highest BCUT2D eigenvalue weighted by Crippen LogP contribution is 2.32. The minimum atomic E-state index is -4.78. The first-order chi connectivity index (χ1) is 9.99. The molecule has 0 aliphatic carbocycles. The molecule has 0 unspecified atom stereocenters. The lowest BCUT2D eigenvalue weighted by molar-refractivity contribution is -0.274. The Morgan fingerprint density at radius 1 is 1.19 bits per heavy atom. The molecule has 0 spiro atoms. The largest absolute Gasteiger partial charge is 0.573 e. The third kappa shape index (κ3) is 4.32. The Hall–Kier alpha value is -2.35. The Bertz CT molecular complexity index is 605. The number of nitrogens with zero attached hydrogens (tertiary/aromatic N) is 2. The molecule has 8 heteroatoms. The maximum Gasteiger partial charge on any atom is 0.573 e. The van der Waals surface area contributed by atoms with Crippen LogP contribution < -0.4 is 10.1 Å². The second-order valence-corrected chi connectivity index (χ2v) is 3.98. The van der Waals surface area contributed by atoms with Crippen molar-refractivity contribution >= 4 is 5.82 Å². The average molecular weight is 299 g/mol. The zero-order valence-electron chi connectivity index (χ0n) is 10.8. The molecule has 5 nitrogen and oxygen atoms in total. The van der Waals surface area contributed by atoms with Crippen molar-refractivity contribution in [3.8, 4) is 17.0 Å². The van der Waals surface area contributed by atoms with Crippen molar-refractivity contribution in [2.24, 2.45) is 0 Å². The monoisotopic (exact) mass is 299 g/mol. The number of anilines is 1. The summed E-state index contributed by atoms with van der Waals surface area (Å²) in [6, 6.07) is 7.19. The zero-order chi connectivity index (χ0) is 15.3. The fourth-order valence-corrected chi connectivity index (χ4v) is 1.68. The van der Waals surface area contributed by atoms with E-state index in [9.17, 15) is 13.2 Å². The minimum absolute atomic E-state index is 0.0902. The van der Waals surface area contributed by atoms with Crippen molar-refractivity contribution in [3.05, 3.63) is 36.7 Å². The van der Waals surface area contributed by atoms with Crippen molar-refractivity contribution in [1.82, 2.24) is 9.97 Å². The molecule has 1 heterocycles. The van der Waals surface area contributed by atoms with Crippen molar-refractivity contribution < 1.29 is 23.0 Å². The van der Waals surface area contributed by atoms with E-state index in [2.05, 4.69) is 20.0 Å². The summed E-state index contributed by atoms with van der Waals surface area (Å²) in [6.45, 7) is 0.185. The van der Waals surface area contributed by atoms with Crippen LogP contribution in [0.25, 0.3) is 11.3 Å². The van der Waals surface area contributed by atoms with Gasteiger partial charge in [-0.1, -0.05) is 12.1 Å². The SMILES string of the molecule is OCCNc1cc(-c2ccccc2OC(F)(F)F)ncn1. The van der Waals surface area contributed by atoms with Gasteiger partial charge in [0.05, 0.1) is 12.3 Å². The van der Waals surface area contributed by atoms with Crippen molar-refractivity contribution in [2.45, 2.75) is 6.36 Å². The van der Waals surface area contributed by atoms with Gasteiger partial charge in [-0.3, -0.25) is 0 Å². The summed E-state index contributed by atoms with van der Waals surface area (Å²) in [4.78, 5) is 7.86. The summed E-state index contributed by atoms with van der Waals surface area (Å²) in [5.74, 6) is 0.0627. The van der Waals surface area contributed by atoms with Gasteiger partial charge in [0, 0.05) is 18.2 Å². The molecule has 0 saturated heterocycles. The van der Waals surface area contributed by atoms with Crippen LogP contribution in [0.5, 0.6) is 5.75 Å². The summed E-state index contributed by atoms with van der Waals surface area (Å²) in [6.07, 6.45) is -3.56. The molecule has 2 aromatic rings. The molecule has 2 rings (SSSR count). The molecule has 0 radical (unpaired) electrons. The van der Waals surface area contributed by atoms with Gasteiger partial charge in [0.25, 0.3) is 0 Å². The van der Waals surface area contributed by atoms with Crippen LogP contribution in [0.3, 0.4) is 0 Å². The van der Waals surface area contributed by atoms with E-state index in [-0.39, 0.29) is 30.2 Å². The number of aliphatic hydroxyl groups excluding tert-OH is 1. The van der Waals surface area contributed by atoms with Gasteiger partial charge in [-0.05, 0) is 12.1 Å². The number of ether oxygens (including phenoxy) is 1. The molecular formula is C13H12F3N3O2. The fourth-order valence-electron chi connectivity index (χ4n) is 1.68. The predicted molar refractivity (Wildman–Crippen MR) is 69.7 cm³/mol. The first-order valence-corrected chi connectivity index (χ1v) is 6.01. The maximum absolute atomic E-state index is 12.4. The van der Waals surface area contributed by atoms with Crippen LogP contribution in [0.1, 0.15) is 0 Å². The van der Waals surface area contributed by atoms with Gasteiger partial charge in [0.1, 0.15) is 17.9 Å². The van der Waals surface area contributed by atoms with E-state index in [1.54, 1.807) is 6.07 Å². The number of benzene rings is 1. The van der Waals surface area contributed by atoms with Gasteiger partial charge in [0.2, 0.25) is 0 Å². The van der Waals surface area contributed by atoms with Gasteiger partial charge >= 0.3 is 6.36 Å². The lowest BCUT2D eigenvalue weighted by Gasteiger charge is -2.13. The molecule has 112 valence electrons. The number of hydrogen-bond donors (Lipinski definition) is 2. The van der Waals surface area contributed by atoms with Crippen LogP contribution in [-0.4, -0.2) is 34.6 Å². The van der Waals surface area contributed by atoms with E-state index < -0.39 is 6.36 Å². The van der Waals surface area contributed by atoms with Crippen LogP contribution in [0.2, 0.25) is 0 Å². The Morgan fingerprint density at radius 3 is 2.67 bits per heavy atom. The lowest BCUT2D eigenvalue weighted by atomic mass is 10.1. The van der Waals surface area contributed by atoms with Crippen molar-refractivity contribution in [3.63, 3.8) is 0 Å². The highest BCUT2D eigenvalue weighted by atomic mass is 19.4. The summed E-state index contributed by atoms with van der Waals surface area (Å²) in [5.41, 5.74) is 0.481. The third-order valence-electron chi connectivity index (χ3n) is 2.47. The standard InChI is InChI=1S/C13H12F3N3O2/c14-13(15,16)21-11-4-2-1-3-9(11)10-7-12(17-5-6-20)19-8-18-10/h1-4,7-8,20H,5-6H2,(H,17,18,19). The first-order valence-electron chi connectivity index (χ1n) is 6.01. The molecule has 1 aromatic carbocycles. The molecule has 21 heavy (non-hydrogen) atoms. The average Bonchev–Trinajstić information content (AvgIpc) is 2.44. The van der Waals surface area contributed by atoms with Crippen LogP contribution in [0.4, 0.5) is 19.0 Å². The Balaban J connectivity index is 2.33. The van der Waals surface area contributed by atoms with Crippen LogP contribution in [-0.2, 0) is 0 Å². The number of halogens is 3. The molecule has 0 fully saturated rings. The molecular weight excluding hydrogens is 287 g/mol. The molecule has 1 aromatic heterocycles. The quantitative estimate of drug-likeness (QED) is 0.887. The molecule has 0 amide bonds. The van der Waals surface area contributed by atoms with Crippen LogP contribution in [0.15, 0.2) is 36.7 Å². The summed E-state index contributed by atoms with van der Waals surface area (Å²) in [5, 5.41) is 11.5. The summed E-state index contributed by atoms with van der Waals surface area (Å²) >= 11 is 0. The third-order valence-corrected chi connectivity index (χ3v) is 2.47. The van der Waals surface area contributed by atoms with Crippen molar-refractivity contribution in [2.75, 3.05) is 18.5 Å². The molecule has 0 saturated carbocycles. The number of rotatable bonds is 5. The maximum atomic E-state index is 12.4. The number of aliphatic hydroxyl groups is 1. The predicted octanol–water partition coefficient (Wildman–Crippen LogP) is 2.45. The van der Waals surface area contributed by atoms with Gasteiger partial charge < -0.3 is 15.2 Å².